The van der Waals surface area contributed by atoms with Crippen LogP contribution in [0.15, 0.2) is 46.4 Å². The molecule has 2 aromatic carbocycles. The highest BCUT2D eigenvalue weighted by molar-refractivity contribution is 5.62. The van der Waals surface area contributed by atoms with Crippen molar-refractivity contribution in [2.24, 2.45) is 9.98 Å². The number of aryl methyl sites for hydroxylation is 4. The number of hydrogen-bond donors (Lipinski definition) is 0. The van der Waals surface area contributed by atoms with Crippen molar-refractivity contribution in [2.75, 3.05) is 0 Å². The smallest absolute Gasteiger partial charge is 0.100 e. The summed E-state index contributed by atoms with van der Waals surface area (Å²) in [5.41, 5.74) is 6.54. The number of nitrogens with zero attached hydrogens (tertiary/aromatic N) is 2. The molecule has 0 aliphatic rings. The third-order valence-electron chi connectivity index (χ3n) is 2.99. The molecular formula is C17H18N2. The summed E-state index contributed by atoms with van der Waals surface area (Å²) >= 11 is 0. The minimum atomic E-state index is 0.896. The van der Waals surface area contributed by atoms with Crippen LogP contribution < -0.4 is 0 Å². The molecule has 2 aromatic rings. The monoisotopic (exact) mass is 250 g/mol. The third-order valence-corrected chi connectivity index (χ3v) is 2.99. The van der Waals surface area contributed by atoms with Crippen LogP contribution in [0.1, 0.15) is 22.3 Å². The Labute approximate surface area is 114 Å². The standard InChI is InChI=1S/C17H18N2/c1-12-8-13(2)10-16(9-12)18-11-19-17-14(3)6-5-7-15(17)4/h5-10H,1-4H3. The summed E-state index contributed by atoms with van der Waals surface area (Å²) in [6.07, 6.45) is 0. The van der Waals surface area contributed by atoms with Crippen molar-refractivity contribution in [3.05, 3.63) is 58.7 Å². The zero-order valence-corrected chi connectivity index (χ0v) is 11.9. The Morgan fingerprint density at radius 1 is 0.789 bits per heavy atom. The molecule has 2 nitrogen and oxygen atoms in total. The first-order valence-corrected chi connectivity index (χ1v) is 6.37. The molecule has 0 bridgehead atoms. The Balaban J connectivity index is 2.34. The molecule has 0 spiro atoms. The molecular weight excluding hydrogens is 232 g/mol. The molecule has 0 amide bonds. The molecule has 2 heteroatoms. The van der Waals surface area contributed by atoms with Crippen molar-refractivity contribution in [3.8, 4) is 0 Å². The quantitative estimate of drug-likeness (QED) is 0.666. The molecule has 0 aromatic heterocycles. The van der Waals surface area contributed by atoms with E-state index >= 15 is 0 Å². The number of aliphatic imine (C=N–C) groups is 2. The number of rotatable bonds is 2. The lowest BCUT2D eigenvalue weighted by atomic mass is 10.1. The molecule has 0 saturated heterocycles. The predicted octanol–water partition coefficient (Wildman–Crippen LogP) is 5.06. The summed E-state index contributed by atoms with van der Waals surface area (Å²) in [6, 6.07) is 15.1. The highest BCUT2D eigenvalue weighted by Gasteiger charge is 1.98. The van der Waals surface area contributed by atoms with Gasteiger partial charge in [0.05, 0.1) is 11.4 Å². The molecule has 0 heterocycles. The van der Waals surface area contributed by atoms with E-state index in [9.17, 15) is 0 Å². The van der Waals surface area contributed by atoms with Crippen LogP contribution in [0.2, 0.25) is 0 Å². The molecule has 0 aliphatic heterocycles. The first kappa shape index (κ1) is 13.3. The van der Waals surface area contributed by atoms with E-state index in [4.69, 9.17) is 0 Å². The van der Waals surface area contributed by atoms with Gasteiger partial charge in [0.2, 0.25) is 0 Å². The second kappa shape index (κ2) is 5.64. The molecule has 19 heavy (non-hydrogen) atoms. The van der Waals surface area contributed by atoms with Gasteiger partial charge >= 0.3 is 0 Å². The van der Waals surface area contributed by atoms with E-state index in [1.54, 1.807) is 0 Å². The first-order valence-electron chi connectivity index (χ1n) is 6.37. The Morgan fingerprint density at radius 2 is 1.37 bits per heavy atom. The van der Waals surface area contributed by atoms with Gasteiger partial charge in [-0.25, -0.2) is 0 Å². The van der Waals surface area contributed by atoms with Gasteiger partial charge in [-0.3, -0.25) is 0 Å². The summed E-state index contributed by atoms with van der Waals surface area (Å²) in [7, 11) is 0. The normalized spacial score (nSPS) is 9.89. The van der Waals surface area contributed by atoms with Gasteiger partial charge in [-0.15, -0.1) is 0 Å². The van der Waals surface area contributed by atoms with Crippen molar-refractivity contribution >= 4 is 17.4 Å². The molecule has 0 fully saturated rings. The van der Waals surface area contributed by atoms with Gasteiger partial charge in [-0.1, -0.05) is 24.3 Å². The first-order chi connectivity index (χ1) is 9.06. The predicted molar refractivity (Wildman–Crippen MR) is 81.0 cm³/mol. The summed E-state index contributed by atoms with van der Waals surface area (Å²) in [5, 5.41) is 0. The van der Waals surface area contributed by atoms with Gasteiger partial charge in [-0.05, 0) is 62.1 Å². The minimum absolute atomic E-state index is 0.896. The van der Waals surface area contributed by atoms with E-state index < -0.39 is 0 Å². The summed E-state index contributed by atoms with van der Waals surface area (Å²) < 4.78 is 0. The van der Waals surface area contributed by atoms with E-state index in [0.717, 1.165) is 22.5 Å². The molecule has 0 radical (unpaired) electrons. The molecule has 0 aliphatic carbocycles. The van der Waals surface area contributed by atoms with Crippen molar-refractivity contribution in [1.82, 2.24) is 0 Å². The zero-order chi connectivity index (χ0) is 13.8. The lowest BCUT2D eigenvalue weighted by Gasteiger charge is -2.01. The van der Waals surface area contributed by atoms with Crippen molar-refractivity contribution in [1.29, 1.82) is 0 Å². The maximum Gasteiger partial charge on any atom is 0.100 e. The van der Waals surface area contributed by atoms with Crippen LogP contribution in [0.5, 0.6) is 0 Å². The average molecular weight is 250 g/mol. The maximum absolute atomic E-state index is 4.34. The van der Waals surface area contributed by atoms with E-state index in [1.165, 1.54) is 11.1 Å². The summed E-state index contributed by atoms with van der Waals surface area (Å²) in [6.45, 7) is 8.22. The largest absolute Gasteiger partial charge is 0.188 e. The molecule has 96 valence electrons. The SMILES string of the molecule is Cc1cc(C)cc(N=C=Nc2c(C)cccc2C)c1. The van der Waals surface area contributed by atoms with Crippen molar-refractivity contribution < 1.29 is 0 Å². The second-order valence-electron chi connectivity index (χ2n) is 4.91. The van der Waals surface area contributed by atoms with Crippen molar-refractivity contribution in [3.63, 3.8) is 0 Å². The van der Waals surface area contributed by atoms with Crippen LogP contribution in [0.25, 0.3) is 0 Å². The maximum atomic E-state index is 4.34. The fourth-order valence-electron chi connectivity index (χ4n) is 2.13. The fraction of sp³-hybridized carbons (Fsp3) is 0.235. The van der Waals surface area contributed by atoms with Crippen molar-refractivity contribution in [2.45, 2.75) is 27.7 Å². The fourth-order valence-corrected chi connectivity index (χ4v) is 2.13. The highest BCUT2D eigenvalue weighted by Crippen LogP contribution is 2.22. The Hall–Kier alpha value is -2.18. The van der Waals surface area contributed by atoms with E-state index in [2.05, 4.69) is 35.9 Å². The average Bonchev–Trinajstić information content (AvgIpc) is 2.32. The third kappa shape index (κ3) is 3.40. The van der Waals surface area contributed by atoms with Gasteiger partial charge in [0.25, 0.3) is 0 Å². The second-order valence-corrected chi connectivity index (χ2v) is 4.91. The summed E-state index contributed by atoms with van der Waals surface area (Å²) in [4.78, 5) is 8.63. The number of hydrogen-bond acceptors (Lipinski definition) is 2. The van der Waals surface area contributed by atoms with Gasteiger partial charge < -0.3 is 0 Å². The summed E-state index contributed by atoms with van der Waals surface area (Å²) in [5.74, 6) is 0. The lowest BCUT2D eigenvalue weighted by Crippen LogP contribution is -1.79. The van der Waals surface area contributed by atoms with E-state index in [-0.39, 0.29) is 0 Å². The van der Waals surface area contributed by atoms with Crippen LogP contribution in [-0.4, -0.2) is 6.01 Å². The van der Waals surface area contributed by atoms with Gasteiger partial charge in [0.15, 0.2) is 0 Å². The molecule has 0 unspecified atom stereocenters. The zero-order valence-electron chi connectivity index (χ0n) is 11.9. The Bertz CT molecular complexity index is 622. The number of para-hydroxylation sites is 1. The molecule has 2 rings (SSSR count). The highest BCUT2D eigenvalue weighted by atomic mass is 14.8. The lowest BCUT2D eigenvalue weighted by molar-refractivity contribution is 1.33. The number of benzene rings is 2. The van der Waals surface area contributed by atoms with Crippen LogP contribution in [0, 0.1) is 27.7 Å². The Morgan fingerprint density at radius 3 is 1.95 bits per heavy atom. The Kier molecular flexibility index (Phi) is 3.94. The van der Waals surface area contributed by atoms with E-state index in [0.29, 0.717) is 0 Å². The van der Waals surface area contributed by atoms with Crippen LogP contribution in [-0.2, 0) is 0 Å². The molecule has 0 atom stereocenters. The van der Waals surface area contributed by atoms with Gasteiger partial charge in [-0.2, -0.15) is 9.98 Å². The molecule has 0 N–H and O–H groups in total. The van der Waals surface area contributed by atoms with E-state index in [1.807, 2.05) is 44.2 Å². The van der Waals surface area contributed by atoms with Crippen LogP contribution in [0.3, 0.4) is 0 Å². The minimum Gasteiger partial charge on any atom is -0.188 e. The topological polar surface area (TPSA) is 24.7 Å². The van der Waals surface area contributed by atoms with Gasteiger partial charge in [0.1, 0.15) is 6.01 Å². The van der Waals surface area contributed by atoms with Crippen LogP contribution >= 0.6 is 0 Å². The molecule has 0 saturated carbocycles. The van der Waals surface area contributed by atoms with Gasteiger partial charge in [0, 0.05) is 0 Å². The van der Waals surface area contributed by atoms with Crippen LogP contribution in [0.4, 0.5) is 11.4 Å².